The number of hydrogen-bond donors (Lipinski definition) is 1. The molecule has 5 rings (SSSR count). The van der Waals surface area contributed by atoms with Crippen molar-refractivity contribution in [2.24, 2.45) is 0 Å². The Balaban J connectivity index is 1.86. The minimum atomic E-state index is -0.300. The van der Waals surface area contributed by atoms with E-state index in [1.807, 2.05) is 11.3 Å². The van der Waals surface area contributed by atoms with Gasteiger partial charge < -0.3 is 5.32 Å². The largest absolute Gasteiger partial charge is 0.312 e. The first-order valence-corrected chi connectivity index (χ1v) is 10.7. The lowest BCUT2D eigenvalue weighted by atomic mass is 9.68. The third-order valence-electron chi connectivity index (χ3n) is 5.74. The van der Waals surface area contributed by atoms with E-state index < -0.39 is 0 Å². The highest BCUT2D eigenvalue weighted by molar-refractivity contribution is 7.12. The predicted octanol–water partition coefficient (Wildman–Crippen LogP) is 5.78. The van der Waals surface area contributed by atoms with Gasteiger partial charge in [0.25, 0.3) is 0 Å². The monoisotopic (exact) mass is 381 g/mol. The lowest BCUT2D eigenvalue weighted by molar-refractivity contribution is 0.654. The Kier molecular flexibility index (Phi) is 4.59. The fourth-order valence-corrected chi connectivity index (χ4v) is 5.87. The van der Waals surface area contributed by atoms with E-state index in [4.69, 9.17) is 0 Å². The summed E-state index contributed by atoms with van der Waals surface area (Å²) in [6, 6.07) is 35.4. The van der Waals surface area contributed by atoms with Crippen molar-refractivity contribution in [1.29, 1.82) is 0 Å². The lowest BCUT2D eigenvalue weighted by Gasteiger charge is -2.35. The number of benzene rings is 3. The topological polar surface area (TPSA) is 12.0 Å². The molecule has 0 spiro atoms. The summed E-state index contributed by atoms with van der Waals surface area (Å²) in [5, 5.41) is 3.54. The van der Waals surface area contributed by atoms with Gasteiger partial charge in [-0.05, 0) is 41.3 Å². The molecule has 0 saturated heterocycles. The second kappa shape index (κ2) is 7.38. The highest BCUT2D eigenvalue weighted by Crippen LogP contribution is 2.48. The van der Waals surface area contributed by atoms with Gasteiger partial charge in [0.2, 0.25) is 0 Å². The number of hydrogen-bond acceptors (Lipinski definition) is 2. The fourth-order valence-electron chi connectivity index (χ4n) is 4.43. The van der Waals surface area contributed by atoms with Gasteiger partial charge >= 0.3 is 0 Å². The van der Waals surface area contributed by atoms with Crippen LogP contribution in [0.3, 0.4) is 0 Å². The average Bonchev–Trinajstić information content (AvgIpc) is 3.21. The molecule has 1 aromatic heterocycles. The Morgan fingerprint density at radius 3 is 1.64 bits per heavy atom. The molecule has 1 aliphatic rings. The van der Waals surface area contributed by atoms with Crippen LogP contribution in [0, 0.1) is 0 Å². The van der Waals surface area contributed by atoms with Gasteiger partial charge in [-0.25, -0.2) is 0 Å². The number of rotatable bonds is 4. The van der Waals surface area contributed by atoms with Gasteiger partial charge in [-0.1, -0.05) is 91.0 Å². The molecule has 3 aromatic carbocycles. The van der Waals surface area contributed by atoms with E-state index in [0.29, 0.717) is 0 Å². The van der Waals surface area contributed by atoms with Crippen molar-refractivity contribution in [3.05, 3.63) is 129 Å². The molecule has 0 aliphatic carbocycles. The van der Waals surface area contributed by atoms with Crippen LogP contribution in [0.2, 0.25) is 0 Å². The van der Waals surface area contributed by atoms with Gasteiger partial charge in [0.1, 0.15) is 0 Å². The SMILES string of the molecule is c1ccc(C(c2ccccc2)(c2ccccc2)c2cc3c(s2)CNCC3)cc1. The summed E-state index contributed by atoms with van der Waals surface area (Å²) >= 11 is 1.96. The maximum absolute atomic E-state index is 3.54. The molecule has 138 valence electrons. The summed E-state index contributed by atoms with van der Waals surface area (Å²) < 4.78 is 0. The molecule has 0 unspecified atom stereocenters. The van der Waals surface area contributed by atoms with E-state index >= 15 is 0 Å². The summed E-state index contributed by atoms with van der Waals surface area (Å²) in [5.41, 5.74) is 5.16. The van der Waals surface area contributed by atoms with Crippen LogP contribution in [-0.4, -0.2) is 6.54 Å². The van der Waals surface area contributed by atoms with Crippen LogP contribution < -0.4 is 5.32 Å². The maximum Gasteiger partial charge on any atom is 0.0795 e. The second-order valence-corrected chi connectivity index (χ2v) is 8.47. The highest BCUT2D eigenvalue weighted by atomic mass is 32.1. The van der Waals surface area contributed by atoms with Crippen molar-refractivity contribution < 1.29 is 0 Å². The molecule has 0 fully saturated rings. The molecule has 1 nitrogen and oxygen atoms in total. The van der Waals surface area contributed by atoms with Gasteiger partial charge in [0, 0.05) is 16.3 Å². The molecular formula is C26H23NS. The summed E-state index contributed by atoms with van der Waals surface area (Å²) in [5.74, 6) is 0. The van der Waals surface area contributed by atoms with E-state index in [2.05, 4.69) is 102 Å². The number of thiophene rings is 1. The zero-order valence-corrected chi connectivity index (χ0v) is 16.6. The first kappa shape index (κ1) is 17.4. The number of nitrogens with one attached hydrogen (secondary N) is 1. The van der Waals surface area contributed by atoms with Crippen LogP contribution in [-0.2, 0) is 18.4 Å². The van der Waals surface area contributed by atoms with Crippen molar-refractivity contribution in [1.82, 2.24) is 5.32 Å². The summed E-state index contributed by atoms with van der Waals surface area (Å²) in [4.78, 5) is 2.89. The van der Waals surface area contributed by atoms with Crippen LogP contribution >= 0.6 is 11.3 Å². The van der Waals surface area contributed by atoms with Crippen LogP contribution in [0.5, 0.6) is 0 Å². The standard InChI is InChI=1S/C26H23NS/c1-4-10-21(11-5-1)26(22-12-6-2-7-13-22,23-14-8-3-9-15-23)25-18-20-16-17-27-19-24(20)28-25/h1-15,18,27H,16-17,19H2. The van der Waals surface area contributed by atoms with Gasteiger partial charge in [-0.15, -0.1) is 11.3 Å². The van der Waals surface area contributed by atoms with Gasteiger partial charge in [-0.2, -0.15) is 0 Å². The quantitative estimate of drug-likeness (QED) is 0.442. The molecule has 0 bridgehead atoms. The molecule has 0 saturated carbocycles. The normalized spacial score (nSPS) is 13.9. The molecule has 1 N–H and O–H groups in total. The van der Waals surface area contributed by atoms with E-state index in [-0.39, 0.29) is 5.41 Å². The maximum atomic E-state index is 3.54. The highest BCUT2D eigenvalue weighted by Gasteiger charge is 2.40. The Hall–Kier alpha value is -2.68. The van der Waals surface area contributed by atoms with Crippen LogP contribution in [0.25, 0.3) is 0 Å². The van der Waals surface area contributed by atoms with Crippen LogP contribution in [0.4, 0.5) is 0 Å². The minimum absolute atomic E-state index is 0.300. The van der Waals surface area contributed by atoms with E-state index in [1.54, 1.807) is 0 Å². The van der Waals surface area contributed by atoms with Crippen molar-refractivity contribution in [3.8, 4) is 0 Å². The summed E-state index contributed by atoms with van der Waals surface area (Å²) in [7, 11) is 0. The molecule has 2 heteroatoms. The van der Waals surface area contributed by atoms with E-state index in [0.717, 1.165) is 19.5 Å². The Labute approximate surface area is 170 Å². The molecular weight excluding hydrogens is 358 g/mol. The fraction of sp³-hybridized carbons (Fsp3) is 0.154. The lowest BCUT2D eigenvalue weighted by Crippen LogP contribution is -2.29. The van der Waals surface area contributed by atoms with Crippen LogP contribution in [0.1, 0.15) is 32.0 Å². The van der Waals surface area contributed by atoms with Crippen molar-refractivity contribution in [2.75, 3.05) is 6.54 Å². The molecule has 0 amide bonds. The molecule has 4 aromatic rings. The van der Waals surface area contributed by atoms with E-state index in [9.17, 15) is 0 Å². The van der Waals surface area contributed by atoms with Crippen molar-refractivity contribution >= 4 is 11.3 Å². The Bertz CT molecular complexity index is 931. The first-order valence-electron chi connectivity index (χ1n) is 9.88. The third-order valence-corrected chi connectivity index (χ3v) is 7.04. The summed E-state index contributed by atoms with van der Waals surface area (Å²) in [6.45, 7) is 2.05. The summed E-state index contributed by atoms with van der Waals surface area (Å²) in [6.07, 6.45) is 1.11. The molecule has 0 radical (unpaired) electrons. The minimum Gasteiger partial charge on any atom is -0.312 e. The van der Waals surface area contributed by atoms with Crippen molar-refractivity contribution in [3.63, 3.8) is 0 Å². The van der Waals surface area contributed by atoms with Crippen molar-refractivity contribution in [2.45, 2.75) is 18.4 Å². The van der Waals surface area contributed by atoms with Crippen LogP contribution in [0.15, 0.2) is 97.1 Å². The Morgan fingerprint density at radius 2 is 1.18 bits per heavy atom. The second-order valence-electron chi connectivity index (χ2n) is 7.33. The predicted molar refractivity (Wildman–Crippen MR) is 118 cm³/mol. The molecule has 0 atom stereocenters. The van der Waals surface area contributed by atoms with Gasteiger partial charge in [-0.3, -0.25) is 0 Å². The zero-order valence-electron chi connectivity index (χ0n) is 15.8. The first-order chi connectivity index (χ1) is 13.9. The number of fused-ring (bicyclic) bond motifs is 1. The molecule has 1 aliphatic heterocycles. The molecule has 2 heterocycles. The zero-order chi connectivity index (χ0) is 18.8. The van der Waals surface area contributed by atoms with E-state index in [1.165, 1.54) is 32.0 Å². The molecule has 28 heavy (non-hydrogen) atoms. The smallest absolute Gasteiger partial charge is 0.0795 e. The third kappa shape index (κ3) is 2.81. The van der Waals surface area contributed by atoms with Gasteiger partial charge in [0.15, 0.2) is 0 Å². The van der Waals surface area contributed by atoms with Gasteiger partial charge in [0.05, 0.1) is 5.41 Å². The Morgan fingerprint density at radius 1 is 0.679 bits per heavy atom. The average molecular weight is 382 g/mol.